The maximum Gasteiger partial charge on any atom is 0.108 e. The lowest BCUT2D eigenvalue weighted by atomic mass is 10.8. The van der Waals surface area contributed by atoms with Crippen LogP contribution in [-0.2, 0) is 0 Å². The molecule has 0 radical (unpaired) electrons. The summed E-state index contributed by atoms with van der Waals surface area (Å²) in [5.41, 5.74) is 0. The summed E-state index contributed by atoms with van der Waals surface area (Å²) in [5, 5.41) is 0.745. The Hall–Kier alpha value is 0.330. The van der Waals surface area contributed by atoms with Crippen LogP contribution in [0.25, 0.3) is 0 Å². The van der Waals surface area contributed by atoms with Crippen LogP contribution in [0.3, 0.4) is 0 Å². The molecule has 0 amide bonds. The first-order valence-corrected chi connectivity index (χ1v) is 3.30. The highest BCUT2D eigenvalue weighted by Crippen LogP contribution is 2.15. The summed E-state index contributed by atoms with van der Waals surface area (Å²) in [6, 6.07) is 1.80. The summed E-state index contributed by atoms with van der Waals surface area (Å²) in [6.45, 7) is 0. The van der Waals surface area contributed by atoms with Crippen molar-refractivity contribution in [1.82, 2.24) is 4.37 Å². The van der Waals surface area contributed by atoms with E-state index in [0.29, 0.717) is 0 Å². The minimum Gasteiger partial charge on any atom is -0.185 e. The van der Waals surface area contributed by atoms with Crippen molar-refractivity contribution in [3.05, 3.63) is 6.07 Å². The third kappa shape index (κ3) is 1.36. The van der Waals surface area contributed by atoms with E-state index in [4.69, 9.17) is 0 Å². The molecule has 0 aliphatic rings. The molecule has 0 saturated heterocycles. The van der Waals surface area contributed by atoms with Gasteiger partial charge >= 0.3 is 0 Å². The second-order valence-corrected chi connectivity index (χ2v) is 3.07. The van der Waals surface area contributed by atoms with Crippen LogP contribution in [0.1, 0.15) is 0 Å². The van der Waals surface area contributed by atoms with Crippen molar-refractivity contribution in [3.8, 4) is 0 Å². The Bertz CT molecular complexity index is 142. The molecule has 0 aromatic carbocycles. The molecule has 7 heavy (non-hydrogen) atoms. The summed E-state index contributed by atoms with van der Waals surface area (Å²) in [7, 11) is 0. The second kappa shape index (κ2) is 2.07. The van der Waals surface area contributed by atoms with E-state index in [0.717, 1.165) is 9.24 Å². The molecule has 0 atom stereocenters. The smallest absolute Gasteiger partial charge is 0.108 e. The average molecular weight is 149 g/mol. The first-order chi connectivity index (χ1) is 3.29. The fourth-order valence-electron chi connectivity index (χ4n) is 0.257. The topological polar surface area (TPSA) is 12.9 Å². The minimum absolute atomic E-state index is 0.745. The molecule has 0 unspecified atom stereocenters. The van der Waals surface area contributed by atoms with Gasteiger partial charge in [-0.15, -0.1) is 25.3 Å². The largest absolute Gasteiger partial charge is 0.185 e. The van der Waals surface area contributed by atoms with Gasteiger partial charge in [-0.05, 0) is 17.6 Å². The van der Waals surface area contributed by atoms with Gasteiger partial charge in [0.15, 0.2) is 0 Å². The highest BCUT2D eigenvalue weighted by molar-refractivity contribution is 7.83. The number of hydrogen-bond acceptors (Lipinski definition) is 4. The standard InChI is InChI=1S/C3H3NS3/c5-2-1-3(6)7-4-2/h1,6H,(H,4,5). The summed E-state index contributed by atoms with van der Waals surface area (Å²) in [4.78, 5) is 0. The van der Waals surface area contributed by atoms with Gasteiger partial charge in [0.25, 0.3) is 0 Å². The first kappa shape index (κ1) is 5.47. The Kier molecular flexibility index (Phi) is 1.61. The van der Waals surface area contributed by atoms with Gasteiger partial charge in [0.1, 0.15) is 5.03 Å². The summed E-state index contributed by atoms with van der Waals surface area (Å²) >= 11 is 9.31. The van der Waals surface area contributed by atoms with E-state index in [1.807, 2.05) is 0 Å². The minimum atomic E-state index is 0.745. The van der Waals surface area contributed by atoms with Crippen LogP contribution in [-0.4, -0.2) is 4.37 Å². The monoisotopic (exact) mass is 149 g/mol. The van der Waals surface area contributed by atoms with Gasteiger partial charge in [0.05, 0.1) is 4.21 Å². The van der Waals surface area contributed by atoms with Gasteiger partial charge in [-0.3, -0.25) is 0 Å². The van der Waals surface area contributed by atoms with Gasteiger partial charge < -0.3 is 0 Å². The first-order valence-electron chi connectivity index (χ1n) is 1.63. The molecule has 0 aliphatic carbocycles. The van der Waals surface area contributed by atoms with Crippen molar-refractivity contribution in [3.63, 3.8) is 0 Å². The summed E-state index contributed by atoms with van der Waals surface area (Å²) < 4.78 is 4.75. The molecule has 0 bridgehead atoms. The van der Waals surface area contributed by atoms with Crippen LogP contribution in [0.5, 0.6) is 0 Å². The lowest BCUT2D eigenvalue weighted by Crippen LogP contribution is -1.49. The fourth-order valence-corrected chi connectivity index (χ4v) is 1.35. The van der Waals surface area contributed by atoms with Crippen LogP contribution in [0, 0.1) is 0 Å². The molecule has 1 aromatic heterocycles. The van der Waals surface area contributed by atoms with E-state index < -0.39 is 0 Å². The number of aromatic nitrogens is 1. The predicted octanol–water partition coefficient (Wildman–Crippen LogP) is 1.72. The number of rotatable bonds is 0. The number of nitrogens with zero attached hydrogens (tertiary/aromatic N) is 1. The second-order valence-electron chi connectivity index (χ2n) is 1.02. The van der Waals surface area contributed by atoms with Gasteiger partial charge in [-0.1, -0.05) is 0 Å². The summed E-state index contributed by atoms with van der Waals surface area (Å²) in [6.07, 6.45) is 0. The molecular formula is C3H3NS3. The zero-order valence-electron chi connectivity index (χ0n) is 3.33. The van der Waals surface area contributed by atoms with E-state index in [2.05, 4.69) is 29.6 Å². The Balaban J connectivity index is 3.04. The van der Waals surface area contributed by atoms with Crippen LogP contribution in [0.4, 0.5) is 0 Å². The van der Waals surface area contributed by atoms with Crippen molar-refractivity contribution >= 4 is 36.8 Å². The fraction of sp³-hybridized carbons (Fsp3) is 0. The van der Waals surface area contributed by atoms with Crippen molar-refractivity contribution < 1.29 is 0 Å². The van der Waals surface area contributed by atoms with E-state index in [1.54, 1.807) is 6.07 Å². The van der Waals surface area contributed by atoms with Gasteiger partial charge in [-0.25, -0.2) is 0 Å². The van der Waals surface area contributed by atoms with Crippen LogP contribution >= 0.6 is 36.8 Å². The predicted molar refractivity (Wildman–Crippen MR) is 36.6 cm³/mol. The number of hydrogen-bond donors (Lipinski definition) is 2. The maximum absolute atomic E-state index is 4.01. The lowest BCUT2D eigenvalue weighted by molar-refractivity contribution is 1.29. The molecule has 38 valence electrons. The molecule has 1 aromatic rings. The molecule has 0 saturated carbocycles. The van der Waals surface area contributed by atoms with E-state index in [-0.39, 0.29) is 0 Å². The van der Waals surface area contributed by atoms with Crippen molar-refractivity contribution in [2.75, 3.05) is 0 Å². The molecular weight excluding hydrogens is 146 g/mol. The van der Waals surface area contributed by atoms with E-state index in [1.165, 1.54) is 11.5 Å². The molecule has 0 N–H and O–H groups in total. The Morgan fingerprint density at radius 3 is 2.43 bits per heavy atom. The van der Waals surface area contributed by atoms with E-state index in [9.17, 15) is 0 Å². The molecule has 4 heteroatoms. The molecule has 0 spiro atoms. The normalized spacial score (nSPS) is 9.43. The SMILES string of the molecule is Sc1cc(S)sn1. The van der Waals surface area contributed by atoms with E-state index >= 15 is 0 Å². The highest BCUT2D eigenvalue weighted by atomic mass is 32.2. The van der Waals surface area contributed by atoms with Crippen molar-refractivity contribution in [1.29, 1.82) is 0 Å². The molecule has 0 fully saturated rings. The van der Waals surface area contributed by atoms with Crippen molar-refractivity contribution in [2.45, 2.75) is 9.24 Å². The zero-order valence-corrected chi connectivity index (χ0v) is 5.93. The van der Waals surface area contributed by atoms with Gasteiger partial charge in [0, 0.05) is 0 Å². The molecule has 1 heterocycles. The maximum atomic E-state index is 4.01. The summed E-state index contributed by atoms with van der Waals surface area (Å²) in [5.74, 6) is 0. The molecule has 0 aliphatic heterocycles. The average Bonchev–Trinajstić information content (AvgIpc) is 1.87. The van der Waals surface area contributed by atoms with Gasteiger partial charge in [-0.2, -0.15) is 4.37 Å². The lowest BCUT2D eigenvalue weighted by Gasteiger charge is -1.65. The van der Waals surface area contributed by atoms with Gasteiger partial charge in [0.2, 0.25) is 0 Å². The number of thiol groups is 2. The third-order valence-corrected chi connectivity index (χ3v) is 1.82. The van der Waals surface area contributed by atoms with Crippen LogP contribution in [0.2, 0.25) is 0 Å². The Morgan fingerprint density at radius 1 is 1.57 bits per heavy atom. The quantitative estimate of drug-likeness (QED) is 0.536. The molecule has 1 rings (SSSR count). The van der Waals surface area contributed by atoms with Crippen LogP contribution < -0.4 is 0 Å². The van der Waals surface area contributed by atoms with Crippen LogP contribution in [0.15, 0.2) is 15.3 Å². The Labute approximate surface area is 56.7 Å². The highest BCUT2D eigenvalue weighted by Gasteiger charge is 1.88. The molecule has 1 nitrogen and oxygen atoms in total. The third-order valence-electron chi connectivity index (χ3n) is 0.485. The zero-order chi connectivity index (χ0) is 5.28. The Morgan fingerprint density at radius 2 is 2.29 bits per heavy atom. The van der Waals surface area contributed by atoms with Crippen molar-refractivity contribution in [2.24, 2.45) is 0 Å².